The van der Waals surface area contributed by atoms with Crippen LogP contribution in [-0.2, 0) is 9.59 Å². The van der Waals surface area contributed by atoms with Crippen LogP contribution in [0.1, 0.15) is 12.8 Å². The SMILES string of the molecule is O=C(O)CCC(=O)O.[BiH3]. The Morgan fingerprint density at radius 3 is 1.33 bits per heavy atom. The second-order valence-electron chi connectivity index (χ2n) is 1.29. The zero-order chi connectivity index (χ0) is 6.57. The fourth-order valence-corrected chi connectivity index (χ4v) is 0.214. The van der Waals surface area contributed by atoms with Gasteiger partial charge in [-0.1, -0.05) is 0 Å². The first kappa shape index (κ1) is 11.6. The molecule has 0 amide bonds. The van der Waals surface area contributed by atoms with Crippen molar-refractivity contribution in [2.45, 2.75) is 12.8 Å². The zero-order valence-electron chi connectivity index (χ0n) is 4.83. The summed E-state index contributed by atoms with van der Waals surface area (Å²) in [6, 6.07) is 0. The van der Waals surface area contributed by atoms with Crippen molar-refractivity contribution in [3.8, 4) is 0 Å². The molecule has 0 heterocycles. The minimum absolute atomic E-state index is 0. The molecule has 0 aliphatic carbocycles. The van der Waals surface area contributed by atoms with E-state index < -0.39 is 11.9 Å². The van der Waals surface area contributed by atoms with Crippen LogP contribution in [0.5, 0.6) is 0 Å². The van der Waals surface area contributed by atoms with Crippen molar-refractivity contribution in [2.75, 3.05) is 0 Å². The van der Waals surface area contributed by atoms with E-state index in [1.807, 2.05) is 0 Å². The van der Waals surface area contributed by atoms with Gasteiger partial charge in [0, 0.05) is 0 Å². The Bertz CT molecular complexity index is 97.1. The van der Waals surface area contributed by atoms with Gasteiger partial charge in [0.05, 0.1) is 12.8 Å². The fourth-order valence-electron chi connectivity index (χ4n) is 0.214. The van der Waals surface area contributed by atoms with E-state index in [-0.39, 0.29) is 39.0 Å². The van der Waals surface area contributed by atoms with Crippen molar-refractivity contribution < 1.29 is 19.8 Å². The Kier molecular flexibility index (Phi) is 7.67. The van der Waals surface area contributed by atoms with Crippen LogP contribution in [0.4, 0.5) is 0 Å². The minimum atomic E-state index is -1.08. The van der Waals surface area contributed by atoms with Gasteiger partial charge in [0.15, 0.2) is 0 Å². The van der Waals surface area contributed by atoms with Crippen LogP contribution in [0.15, 0.2) is 0 Å². The first-order valence-corrected chi connectivity index (χ1v) is 2.06. The number of carbonyl (C=O) groups is 2. The molecule has 0 bridgehead atoms. The van der Waals surface area contributed by atoms with Gasteiger partial charge >= 0.3 is 38.1 Å². The fraction of sp³-hybridized carbons (Fsp3) is 0.500. The van der Waals surface area contributed by atoms with E-state index in [1.54, 1.807) is 0 Å². The van der Waals surface area contributed by atoms with Crippen molar-refractivity contribution >= 4 is 38.1 Å². The van der Waals surface area contributed by atoms with Crippen molar-refractivity contribution in [1.82, 2.24) is 0 Å². The maximum atomic E-state index is 9.64. The molecule has 5 heteroatoms. The monoisotopic (exact) mass is 330 g/mol. The van der Waals surface area contributed by atoms with Gasteiger partial charge in [-0.05, 0) is 0 Å². The molecule has 0 rings (SSSR count). The topological polar surface area (TPSA) is 74.6 Å². The van der Waals surface area contributed by atoms with Gasteiger partial charge < -0.3 is 10.2 Å². The van der Waals surface area contributed by atoms with E-state index in [2.05, 4.69) is 0 Å². The van der Waals surface area contributed by atoms with Crippen LogP contribution in [0.2, 0.25) is 0 Å². The van der Waals surface area contributed by atoms with Gasteiger partial charge in [0.25, 0.3) is 0 Å². The normalized spacial score (nSPS) is 7.56. The number of rotatable bonds is 3. The van der Waals surface area contributed by atoms with Crippen LogP contribution < -0.4 is 0 Å². The molecule has 0 unspecified atom stereocenters. The molecule has 0 aliphatic rings. The van der Waals surface area contributed by atoms with Crippen LogP contribution in [-0.4, -0.2) is 48.4 Å². The molecular weight excluding hydrogens is 321 g/mol. The zero-order valence-corrected chi connectivity index (χ0v) is 10.3. The van der Waals surface area contributed by atoms with Crippen LogP contribution in [0.3, 0.4) is 0 Å². The summed E-state index contributed by atoms with van der Waals surface area (Å²) in [5, 5.41) is 15.8. The summed E-state index contributed by atoms with van der Waals surface area (Å²) in [5.41, 5.74) is 0. The summed E-state index contributed by atoms with van der Waals surface area (Å²) < 4.78 is 0. The third-order valence-corrected chi connectivity index (χ3v) is 0.553. The molecule has 0 spiro atoms. The van der Waals surface area contributed by atoms with E-state index in [0.29, 0.717) is 0 Å². The molecular formula is C4H9BiO4. The molecule has 4 nitrogen and oxygen atoms in total. The molecule has 0 radical (unpaired) electrons. The molecule has 0 saturated carbocycles. The molecule has 0 aromatic rings. The first-order chi connectivity index (χ1) is 3.63. The summed E-state index contributed by atoms with van der Waals surface area (Å²) in [4.78, 5) is 19.3. The molecule has 0 saturated heterocycles. The number of carboxylic acid groups (broad SMARTS) is 2. The molecule has 54 valence electrons. The van der Waals surface area contributed by atoms with Crippen LogP contribution in [0.25, 0.3) is 0 Å². The Morgan fingerprint density at radius 2 is 1.22 bits per heavy atom. The Hall–Kier alpha value is -0.177. The van der Waals surface area contributed by atoms with Crippen LogP contribution >= 0.6 is 0 Å². The Labute approximate surface area is 71.0 Å². The second-order valence-corrected chi connectivity index (χ2v) is 1.29. The predicted molar refractivity (Wildman–Crippen MR) is 34.4 cm³/mol. The van der Waals surface area contributed by atoms with Gasteiger partial charge in [-0.3, -0.25) is 9.59 Å². The maximum absolute atomic E-state index is 9.64. The van der Waals surface area contributed by atoms with Gasteiger partial charge in [0.2, 0.25) is 0 Å². The molecule has 0 aliphatic heterocycles. The molecule has 0 aromatic carbocycles. The predicted octanol–water partition coefficient (Wildman–Crippen LogP) is -1.25. The number of carboxylic acids is 2. The summed E-state index contributed by atoms with van der Waals surface area (Å²) in [6.07, 6.45) is -0.593. The quantitative estimate of drug-likeness (QED) is 0.635. The third-order valence-electron chi connectivity index (χ3n) is 0.553. The van der Waals surface area contributed by atoms with Crippen molar-refractivity contribution in [1.29, 1.82) is 0 Å². The van der Waals surface area contributed by atoms with E-state index in [9.17, 15) is 9.59 Å². The number of aliphatic carboxylic acids is 2. The van der Waals surface area contributed by atoms with E-state index in [4.69, 9.17) is 10.2 Å². The van der Waals surface area contributed by atoms with E-state index in [0.717, 1.165) is 0 Å². The molecule has 0 aromatic heterocycles. The van der Waals surface area contributed by atoms with Crippen molar-refractivity contribution in [2.24, 2.45) is 0 Å². The number of hydrogen-bond donors (Lipinski definition) is 2. The van der Waals surface area contributed by atoms with Crippen molar-refractivity contribution in [3.05, 3.63) is 0 Å². The van der Waals surface area contributed by atoms with Gasteiger partial charge in [-0.15, -0.1) is 0 Å². The first-order valence-electron chi connectivity index (χ1n) is 2.06. The van der Waals surface area contributed by atoms with Gasteiger partial charge in [-0.25, -0.2) is 0 Å². The molecule has 2 N–H and O–H groups in total. The van der Waals surface area contributed by atoms with Crippen molar-refractivity contribution in [3.63, 3.8) is 0 Å². The third kappa shape index (κ3) is 11.4. The van der Waals surface area contributed by atoms with Gasteiger partial charge in [-0.2, -0.15) is 0 Å². The van der Waals surface area contributed by atoms with Gasteiger partial charge in [0.1, 0.15) is 0 Å². The molecule has 0 atom stereocenters. The Balaban J connectivity index is 0. The number of hydrogen-bond acceptors (Lipinski definition) is 2. The van der Waals surface area contributed by atoms with E-state index >= 15 is 0 Å². The summed E-state index contributed by atoms with van der Waals surface area (Å²) >= 11 is 0. The molecule has 9 heavy (non-hydrogen) atoms. The summed E-state index contributed by atoms with van der Waals surface area (Å²) in [6.45, 7) is 0. The standard InChI is InChI=1S/C4H6O4.Bi.3H/c5-3(6)1-2-4(7)8;;;;/h1-2H2,(H,5,6)(H,7,8);;;;. The summed E-state index contributed by atoms with van der Waals surface area (Å²) in [7, 11) is 0. The average Bonchev–Trinajstić information content (AvgIpc) is 1.61. The summed E-state index contributed by atoms with van der Waals surface area (Å²) in [5.74, 6) is -2.15. The second kappa shape index (κ2) is 5.95. The van der Waals surface area contributed by atoms with Crippen LogP contribution in [0, 0.1) is 0 Å². The molecule has 0 fully saturated rings. The Morgan fingerprint density at radius 1 is 1.00 bits per heavy atom. The average molecular weight is 330 g/mol. The van der Waals surface area contributed by atoms with E-state index in [1.165, 1.54) is 0 Å².